The van der Waals surface area contributed by atoms with Gasteiger partial charge >= 0.3 is 0 Å². The summed E-state index contributed by atoms with van der Waals surface area (Å²) in [5.74, 6) is 0. The summed E-state index contributed by atoms with van der Waals surface area (Å²) in [5.41, 5.74) is 0. The quantitative estimate of drug-likeness (QED) is 0.0506. The highest BCUT2D eigenvalue weighted by Crippen LogP contribution is 2.17. The third-order valence-electron chi connectivity index (χ3n) is 9.11. The molecule has 0 heterocycles. The van der Waals surface area contributed by atoms with Crippen molar-refractivity contribution >= 4 is 0 Å². The van der Waals surface area contributed by atoms with Gasteiger partial charge in [-0.15, -0.1) is 0 Å². The summed E-state index contributed by atoms with van der Waals surface area (Å²) in [4.78, 5) is 2.48. The fraction of sp³-hybridized carbons (Fsp3) is 0.814. The molecule has 0 rings (SSSR count). The van der Waals surface area contributed by atoms with Crippen LogP contribution in [-0.4, -0.2) is 37.2 Å². The Morgan fingerprint density at radius 2 is 0.778 bits per heavy atom. The average Bonchev–Trinajstić information content (AvgIpc) is 3.05. The standard InChI is InChI=1S/C43H81NO/c1-5-9-11-13-15-17-19-21-23-25-27-29-31-33-35-37-39-43(45-42-41-44(7-3)8-4)40-38-36-34-32-30-28-26-24-22-20-18-16-14-12-10-6-2/h15-18,21-24,43H,5-14,19-20,25-42H2,1-4H3/b17-15-,18-16-,23-21-,24-22-. The highest BCUT2D eigenvalue weighted by molar-refractivity contribution is 4.93. The second-order valence-corrected chi connectivity index (χ2v) is 13.3. The number of rotatable bonds is 36. The largest absolute Gasteiger partial charge is 0.377 e. The molecule has 0 aliphatic rings. The van der Waals surface area contributed by atoms with Gasteiger partial charge in [0.05, 0.1) is 12.7 Å². The minimum atomic E-state index is 0.470. The van der Waals surface area contributed by atoms with Crippen LogP contribution in [0.2, 0.25) is 0 Å². The van der Waals surface area contributed by atoms with E-state index in [1.807, 2.05) is 0 Å². The second kappa shape index (κ2) is 39.1. The van der Waals surface area contributed by atoms with E-state index in [0.717, 1.165) is 39.1 Å². The molecule has 264 valence electrons. The molecule has 0 aromatic heterocycles. The number of allylic oxidation sites excluding steroid dienone is 8. The van der Waals surface area contributed by atoms with E-state index in [9.17, 15) is 0 Å². The number of likely N-dealkylation sites (N-methyl/N-ethyl adjacent to an activating group) is 1. The Morgan fingerprint density at radius 3 is 1.16 bits per heavy atom. The molecule has 0 bridgehead atoms. The Hall–Kier alpha value is -1.12. The molecule has 0 aliphatic heterocycles. The summed E-state index contributed by atoms with van der Waals surface area (Å²) in [7, 11) is 0. The van der Waals surface area contributed by atoms with E-state index < -0.39 is 0 Å². The Kier molecular flexibility index (Phi) is 38.1. The van der Waals surface area contributed by atoms with Crippen LogP contribution in [0, 0.1) is 0 Å². The normalized spacial score (nSPS) is 12.6. The molecule has 0 fully saturated rings. The van der Waals surface area contributed by atoms with Crippen molar-refractivity contribution in [3.8, 4) is 0 Å². The van der Waals surface area contributed by atoms with Crippen LogP contribution in [0.25, 0.3) is 0 Å². The molecule has 0 saturated carbocycles. The molecule has 0 atom stereocenters. The first kappa shape index (κ1) is 43.9. The molecule has 0 aliphatic carbocycles. The maximum Gasteiger partial charge on any atom is 0.0597 e. The number of hydrogen-bond donors (Lipinski definition) is 0. The number of hydrogen-bond acceptors (Lipinski definition) is 2. The van der Waals surface area contributed by atoms with Gasteiger partial charge in [-0.25, -0.2) is 0 Å². The molecular formula is C43H81NO. The van der Waals surface area contributed by atoms with Crippen LogP contribution in [0.5, 0.6) is 0 Å². The third-order valence-corrected chi connectivity index (χ3v) is 9.11. The Balaban J connectivity index is 3.92. The van der Waals surface area contributed by atoms with Gasteiger partial charge in [0.15, 0.2) is 0 Å². The van der Waals surface area contributed by atoms with Crippen molar-refractivity contribution in [1.82, 2.24) is 4.90 Å². The predicted octanol–water partition coefficient (Wildman–Crippen LogP) is 14.1. The van der Waals surface area contributed by atoms with E-state index in [-0.39, 0.29) is 0 Å². The van der Waals surface area contributed by atoms with Gasteiger partial charge < -0.3 is 9.64 Å². The SMILES string of the molecule is CCCCC/C=C\C/C=C\CCCCCCCCC(CCCCCCCC/C=C\C/C=C\CCCCC)OCCN(CC)CC. The zero-order chi connectivity index (χ0) is 32.7. The number of unbranched alkanes of at least 4 members (excludes halogenated alkanes) is 18. The van der Waals surface area contributed by atoms with Crippen LogP contribution in [0.4, 0.5) is 0 Å². The molecule has 0 N–H and O–H groups in total. The van der Waals surface area contributed by atoms with Crippen molar-refractivity contribution in [3.05, 3.63) is 48.6 Å². The Morgan fingerprint density at radius 1 is 0.422 bits per heavy atom. The van der Waals surface area contributed by atoms with E-state index >= 15 is 0 Å². The first-order chi connectivity index (χ1) is 22.3. The monoisotopic (exact) mass is 628 g/mol. The van der Waals surface area contributed by atoms with Crippen molar-refractivity contribution in [2.45, 2.75) is 201 Å². The first-order valence-corrected chi connectivity index (χ1v) is 20.2. The minimum absolute atomic E-state index is 0.470. The fourth-order valence-electron chi connectivity index (χ4n) is 5.92. The maximum absolute atomic E-state index is 6.46. The predicted molar refractivity (Wildman–Crippen MR) is 205 cm³/mol. The molecule has 0 spiro atoms. The highest BCUT2D eigenvalue weighted by Gasteiger charge is 2.10. The van der Waals surface area contributed by atoms with Gasteiger partial charge in [-0.1, -0.05) is 166 Å². The van der Waals surface area contributed by atoms with Crippen molar-refractivity contribution in [2.24, 2.45) is 0 Å². The average molecular weight is 628 g/mol. The molecule has 2 heteroatoms. The minimum Gasteiger partial charge on any atom is -0.377 e. The summed E-state index contributed by atoms with van der Waals surface area (Å²) < 4.78 is 6.46. The molecule has 0 aromatic rings. The van der Waals surface area contributed by atoms with E-state index in [0.29, 0.717) is 6.10 Å². The van der Waals surface area contributed by atoms with Gasteiger partial charge in [0, 0.05) is 6.54 Å². The highest BCUT2D eigenvalue weighted by atomic mass is 16.5. The zero-order valence-corrected chi connectivity index (χ0v) is 31.3. The maximum atomic E-state index is 6.46. The van der Waals surface area contributed by atoms with Crippen molar-refractivity contribution in [3.63, 3.8) is 0 Å². The summed E-state index contributed by atoms with van der Waals surface area (Å²) in [6, 6.07) is 0. The van der Waals surface area contributed by atoms with E-state index in [2.05, 4.69) is 81.2 Å². The topological polar surface area (TPSA) is 12.5 Å². The van der Waals surface area contributed by atoms with Crippen molar-refractivity contribution in [2.75, 3.05) is 26.2 Å². The molecule has 0 radical (unpaired) electrons. The van der Waals surface area contributed by atoms with Gasteiger partial charge in [-0.3, -0.25) is 0 Å². The fourth-order valence-corrected chi connectivity index (χ4v) is 5.92. The van der Waals surface area contributed by atoms with Gasteiger partial charge in [0.1, 0.15) is 0 Å². The van der Waals surface area contributed by atoms with Crippen molar-refractivity contribution < 1.29 is 4.74 Å². The van der Waals surface area contributed by atoms with Crippen molar-refractivity contribution in [1.29, 1.82) is 0 Å². The van der Waals surface area contributed by atoms with Gasteiger partial charge in [-0.2, -0.15) is 0 Å². The van der Waals surface area contributed by atoms with Crippen LogP contribution < -0.4 is 0 Å². The second-order valence-electron chi connectivity index (χ2n) is 13.3. The number of ether oxygens (including phenoxy) is 1. The van der Waals surface area contributed by atoms with Crippen LogP contribution in [0.3, 0.4) is 0 Å². The van der Waals surface area contributed by atoms with Gasteiger partial charge in [0.25, 0.3) is 0 Å². The molecule has 0 saturated heterocycles. The van der Waals surface area contributed by atoms with Crippen LogP contribution in [-0.2, 0) is 4.74 Å². The van der Waals surface area contributed by atoms with E-state index in [4.69, 9.17) is 4.74 Å². The molecule has 0 aromatic carbocycles. The third kappa shape index (κ3) is 35.6. The summed E-state index contributed by atoms with van der Waals surface area (Å²) >= 11 is 0. The zero-order valence-electron chi connectivity index (χ0n) is 31.3. The van der Waals surface area contributed by atoms with Gasteiger partial charge in [0.2, 0.25) is 0 Å². The van der Waals surface area contributed by atoms with Crippen LogP contribution in [0.15, 0.2) is 48.6 Å². The smallest absolute Gasteiger partial charge is 0.0597 e. The molecular weight excluding hydrogens is 546 g/mol. The number of nitrogens with zero attached hydrogens (tertiary/aromatic N) is 1. The lowest BCUT2D eigenvalue weighted by molar-refractivity contribution is 0.0258. The molecule has 45 heavy (non-hydrogen) atoms. The lowest BCUT2D eigenvalue weighted by Gasteiger charge is -2.22. The summed E-state index contributed by atoms with van der Waals surface area (Å²) in [6.45, 7) is 13.3. The molecule has 0 unspecified atom stereocenters. The molecule has 0 amide bonds. The van der Waals surface area contributed by atoms with Gasteiger partial charge in [-0.05, 0) is 90.1 Å². The first-order valence-electron chi connectivity index (χ1n) is 20.2. The molecule has 2 nitrogen and oxygen atoms in total. The van der Waals surface area contributed by atoms with E-state index in [1.54, 1.807) is 0 Å². The van der Waals surface area contributed by atoms with Crippen LogP contribution >= 0.6 is 0 Å². The Bertz CT molecular complexity index is 611. The summed E-state index contributed by atoms with van der Waals surface area (Å²) in [5, 5.41) is 0. The van der Waals surface area contributed by atoms with E-state index in [1.165, 1.54) is 154 Å². The lowest BCUT2D eigenvalue weighted by atomic mass is 10.0. The summed E-state index contributed by atoms with van der Waals surface area (Å²) in [6.07, 6.45) is 53.6. The van der Waals surface area contributed by atoms with Crippen LogP contribution in [0.1, 0.15) is 195 Å². The lowest BCUT2D eigenvalue weighted by Crippen LogP contribution is -2.28. The Labute approximate surface area is 284 Å².